The lowest BCUT2D eigenvalue weighted by atomic mass is 10.2. The number of hydrogen-bond donors (Lipinski definition) is 2. The summed E-state index contributed by atoms with van der Waals surface area (Å²) in [5.41, 5.74) is 1.40. The fourth-order valence-corrected chi connectivity index (χ4v) is 4.67. The Balaban J connectivity index is 2.04. The van der Waals surface area contributed by atoms with Gasteiger partial charge in [-0.25, -0.2) is 13.2 Å². The lowest BCUT2D eigenvalue weighted by molar-refractivity contribution is 0.0703. The van der Waals surface area contributed by atoms with Gasteiger partial charge in [0, 0.05) is 17.3 Å². The number of benzene rings is 1. The van der Waals surface area contributed by atoms with Crippen molar-refractivity contribution in [1.82, 2.24) is 4.98 Å². The molecule has 25 heavy (non-hydrogen) atoms. The van der Waals surface area contributed by atoms with E-state index >= 15 is 0 Å². The predicted molar refractivity (Wildman–Crippen MR) is 96.5 cm³/mol. The zero-order chi connectivity index (χ0) is 18.0. The Labute approximate surface area is 148 Å². The molecule has 0 spiro atoms. The van der Waals surface area contributed by atoms with Crippen molar-refractivity contribution in [3.8, 4) is 10.4 Å². The van der Waals surface area contributed by atoms with Gasteiger partial charge in [-0.3, -0.25) is 9.71 Å². The summed E-state index contributed by atoms with van der Waals surface area (Å²) in [5, 5.41) is 9.41. The van der Waals surface area contributed by atoms with Crippen LogP contribution in [0.5, 0.6) is 0 Å². The predicted octanol–water partition coefficient (Wildman–Crippen LogP) is 3.62. The largest absolute Gasteiger partial charge is 0.477 e. The Morgan fingerprint density at radius 1 is 1.16 bits per heavy atom. The smallest absolute Gasteiger partial charge is 0.348 e. The number of nitrogens with zero attached hydrogens (tertiary/aromatic N) is 1. The minimum Gasteiger partial charge on any atom is -0.477 e. The molecule has 128 valence electrons. The molecule has 0 fully saturated rings. The molecule has 2 aromatic heterocycles. The van der Waals surface area contributed by atoms with E-state index in [1.807, 2.05) is 0 Å². The highest BCUT2D eigenvalue weighted by atomic mass is 32.2. The van der Waals surface area contributed by atoms with Gasteiger partial charge in [-0.2, -0.15) is 0 Å². The molecule has 6 nitrogen and oxygen atoms in total. The third kappa shape index (κ3) is 3.54. The summed E-state index contributed by atoms with van der Waals surface area (Å²) in [5.74, 6) is -1.19. The number of sulfonamides is 1. The highest BCUT2D eigenvalue weighted by molar-refractivity contribution is 7.92. The molecule has 3 rings (SSSR count). The van der Waals surface area contributed by atoms with E-state index in [0.717, 1.165) is 16.9 Å². The van der Waals surface area contributed by atoms with Gasteiger partial charge in [-0.05, 0) is 42.3 Å². The van der Waals surface area contributed by atoms with Gasteiger partial charge < -0.3 is 5.11 Å². The average Bonchev–Trinajstić information content (AvgIpc) is 2.99. The molecule has 3 aromatic rings. The first-order valence-electron chi connectivity index (χ1n) is 7.24. The second-order valence-corrected chi connectivity index (χ2v) is 7.97. The van der Waals surface area contributed by atoms with E-state index in [-0.39, 0.29) is 15.5 Å². The fourth-order valence-electron chi connectivity index (χ4n) is 2.34. The Kier molecular flexibility index (Phi) is 4.56. The zero-order valence-electron chi connectivity index (χ0n) is 13.1. The van der Waals surface area contributed by atoms with Crippen LogP contribution in [0, 0.1) is 6.92 Å². The Bertz CT molecular complexity index is 1030. The second kappa shape index (κ2) is 6.66. The molecule has 2 N–H and O–H groups in total. The lowest BCUT2D eigenvalue weighted by Gasteiger charge is -2.09. The summed E-state index contributed by atoms with van der Waals surface area (Å²) in [6.45, 7) is 1.68. The number of carbonyl (C=O) groups is 1. The maximum absolute atomic E-state index is 12.6. The normalized spacial score (nSPS) is 11.2. The number of aromatic carboxylic acids is 1. The lowest BCUT2D eigenvalue weighted by Crippen LogP contribution is -2.15. The summed E-state index contributed by atoms with van der Waals surface area (Å²) >= 11 is 1.01. The van der Waals surface area contributed by atoms with Gasteiger partial charge in [-0.1, -0.05) is 18.2 Å². The van der Waals surface area contributed by atoms with E-state index in [1.165, 1.54) is 12.1 Å². The number of nitrogens with one attached hydrogen (secondary N) is 1. The fraction of sp³-hybridized carbons (Fsp3) is 0.0588. The molecule has 8 heteroatoms. The third-order valence-corrected chi connectivity index (χ3v) is 6.22. The van der Waals surface area contributed by atoms with Crippen molar-refractivity contribution in [2.75, 3.05) is 4.72 Å². The van der Waals surface area contributed by atoms with E-state index in [4.69, 9.17) is 0 Å². The summed E-state index contributed by atoms with van der Waals surface area (Å²) in [6, 6.07) is 11.5. The van der Waals surface area contributed by atoms with Crippen LogP contribution >= 0.6 is 11.3 Å². The van der Waals surface area contributed by atoms with Crippen LogP contribution in [-0.2, 0) is 10.0 Å². The second-order valence-electron chi connectivity index (χ2n) is 5.27. The molecule has 0 amide bonds. The number of anilines is 1. The molecule has 0 atom stereocenters. The van der Waals surface area contributed by atoms with Crippen LogP contribution in [0.15, 0.2) is 59.8 Å². The SMILES string of the molecule is Cc1ccccc1S(=O)(=O)Nc1cc(-c2ccncc2)sc1C(=O)O. The molecule has 2 heterocycles. The maximum atomic E-state index is 12.6. The van der Waals surface area contributed by atoms with Crippen molar-refractivity contribution >= 4 is 33.0 Å². The summed E-state index contributed by atoms with van der Waals surface area (Å²) in [7, 11) is -3.89. The molecular weight excluding hydrogens is 360 g/mol. The third-order valence-electron chi connectivity index (χ3n) is 3.52. The Hall–Kier alpha value is -2.71. The molecule has 0 saturated carbocycles. The van der Waals surface area contributed by atoms with Gasteiger partial charge in [0.1, 0.15) is 4.88 Å². The van der Waals surface area contributed by atoms with Crippen LogP contribution in [-0.4, -0.2) is 24.5 Å². The van der Waals surface area contributed by atoms with Crippen molar-refractivity contribution in [1.29, 1.82) is 0 Å². The quantitative estimate of drug-likeness (QED) is 0.711. The average molecular weight is 374 g/mol. The van der Waals surface area contributed by atoms with Gasteiger partial charge in [0.2, 0.25) is 0 Å². The van der Waals surface area contributed by atoms with Gasteiger partial charge in [0.05, 0.1) is 10.6 Å². The molecule has 0 aliphatic carbocycles. The molecule has 1 aromatic carbocycles. The summed E-state index contributed by atoms with van der Waals surface area (Å²) < 4.78 is 27.7. The number of carboxylic acids is 1. The van der Waals surface area contributed by atoms with Crippen molar-refractivity contribution in [2.45, 2.75) is 11.8 Å². The topological polar surface area (TPSA) is 96.4 Å². The van der Waals surface area contributed by atoms with E-state index < -0.39 is 16.0 Å². The molecule has 0 aliphatic heterocycles. The van der Waals surface area contributed by atoms with Crippen LogP contribution in [0.2, 0.25) is 0 Å². The number of rotatable bonds is 5. The molecule has 0 bridgehead atoms. The first-order valence-corrected chi connectivity index (χ1v) is 9.54. The van der Waals surface area contributed by atoms with Crippen LogP contribution in [0.1, 0.15) is 15.2 Å². The zero-order valence-corrected chi connectivity index (χ0v) is 14.8. The van der Waals surface area contributed by atoms with Crippen molar-refractivity contribution in [2.24, 2.45) is 0 Å². The number of pyridine rings is 1. The molecular formula is C17H14N2O4S2. The van der Waals surface area contributed by atoms with Crippen LogP contribution in [0.3, 0.4) is 0 Å². The minimum absolute atomic E-state index is 0.0487. The summed E-state index contributed by atoms with van der Waals surface area (Å²) in [6.07, 6.45) is 3.18. The summed E-state index contributed by atoms with van der Waals surface area (Å²) in [4.78, 5) is 16.1. The number of aromatic nitrogens is 1. The first-order chi connectivity index (χ1) is 11.9. The molecule has 0 radical (unpaired) electrons. The van der Waals surface area contributed by atoms with Crippen LogP contribution < -0.4 is 4.72 Å². The van der Waals surface area contributed by atoms with Gasteiger partial charge in [0.25, 0.3) is 10.0 Å². The number of thiophene rings is 1. The van der Waals surface area contributed by atoms with E-state index in [9.17, 15) is 18.3 Å². The molecule has 0 unspecified atom stereocenters. The van der Waals surface area contributed by atoms with Crippen LogP contribution in [0.25, 0.3) is 10.4 Å². The maximum Gasteiger partial charge on any atom is 0.348 e. The highest BCUT2D eigenvalue weighted by Crippen LogP contribution is 2.35. The van der Waals surface area contributed by atoms with Crippen molar-refractivity contribution in [3.05, 3.63) is 65.3 Å². The molecule has 0 saturated heterocycles. The van der Waals surface area contributed by atoms with E-state index in [2.05, 4.69) is 9.71 Å². The first kappa shape index (κ1) is 17.1. The minimum atomic E-state index is -3.89. The number of aryl methyl sites for hydroxylation is 1. The highest BCUT2D eigenvalue weighted by Gasteiger charge is 2.23. The van der Waals surface area contributed by atoms with Gasteiger partial charge in [0.15, 0.2) is 0 Å². The number of carboxylic acid groups (broad SMARTS) is 1. The van der Waals surface area contributed by atoms with Crippen LogP contribution in [0.4, 0.5) is 5.69 Å². The Morgan fingerprint density at radius 3 is 2.48 bits per heavy atom. The van der Waals surface area contributed by atoms with E-state index in [0.29, 0.717) is 10.4 Å². The van der Waals surface area contributed by atoms with E-state index in [1.54, 1.807) is 49.6 Å². The van der Waals surface area contributed by atoms with Gasteiger partial charge in [-0.15, -0.1) is 11.3 Å². The van der Waals surface area contributed by atoms with Gasteiger partial charge >= 0.3 is 5.97 Å². The monoisotopic (exact) mass is 374 g/mol. The Morgan fingerprint density at radius 2 is 1.84 bits per heavy atom. The molecule has 0 aliphatic rings. The van der Waals surface area contributed by atoms with Crippen molar-refractivity contribution in [3.63, 3.8) is 0 Å². The number of hydrogen-bond acceptors (Lipinski definition) is 5. The van der Waals surface area contributed by atoms with Crippen molar-refractivity contribution < 1.29 is 18.3 Å². The standard InChI is InChI=1S/C17H14N2O4S2/c1-11-4-2-3-5-15(11)25(22,23)19-13-10-14(24-16(13)17(20)21)12-6-8-18-9-7-12/h2-10,19H,1H3,(H,20,21).